The first-order valence-electron chi connectivity index (χ1n) is 38.2. The zero-order chi connectivity index (χ0) is 74.6. The minimum Gasteiger partial charge on any atom is -0.481 e. The number of aliphatic hydroxyl groups is 12. The van der Waals surface area contributed by atoms with Gasteiger partial charge >= 0.3 is 23.9 Å². The summed E-state index contributed by atoms with van der Waals surface area (Å²) < 4.78 is 0. The molecule has 4 fully saturated rings. The molecular weight excluding hydrogens is 1280 g/mol. The lowest BCUT2D eigenvalue weighted by Crippen LogP contribution is -2.21. The number of allylic oxidation sites excluding steroid dienone is 6. The summed E-state index contributed by atoms with van der Waals surface area (Å²) >= 11 is 0. The highest BCUT2D eigenvalue weighted by molar-refractivity contribution is 5.67. The molecule has 16 N–H and O–H groups in total. The van der Waals surface area contributed by atoms with Crippen molar-refractivity contribution in [1.29, 1.82) is 0 Å². The Morgan fingerprint density at radius 2 is 0.590 bits per heavy atom. The van der Waals surface area contributed by atoms with E-state index < -0.39 is 97.1 Å². The maximum Gasteiger partial charge on any atom is 0.303 e. The van der Waals surface area contributed by atoms with E-state index in [0.29, 0.717) is 103 Å². The smallest absolute Gasteiger partial charge is 0.303 e. The Balaban J connectivity index is 0.000000667. The number of hydrogen-bond donors (Lipinski definition) is 16. The minimum atomic E-state index is -0.865. The third kappa shape index (κ3) is 43.4. The van der Waals surface area contributed by atoms with Gasteiger partial charge in [0.2, 0.25) is 0 Å². The quantitative estimate of drug-likeness (QED) is 0.0199. The van der Waals surface area contributed by atoms with Crippen LogP contribution in [0, 0.1) is 47.3 Å². The van der Waals surface area contributed by atoms with Gasteiger partial charge in [-0.2, -0.15) is 0 Å². The van der Waals surface area contributed by atoms with Crippen molar-refractivity contribution in [3.05, 3.63) is 97.2 Å². The number of aliphatic hydroxyl groups excluding tert-OH is 12. The summed E-state index contributed by atoms with van der Waals surface area (Å²) in [7, 11) is 0. The second kappa shape index (κ2) is 57.7. The summed E-state index contributed by atoms with van der Waals surface area (Å²) in [6.45, 7) is 8.61. The fourth-order valence-corrected chi connectivity index (χ4v) is 13.7. The molecule has 4 rings (SSSR count). The highest BCUT2D eigenvalue weighted by Gasteiger charge is 2.42. The third-order valence-electron chi connectivity index (χ3n) is 19.7. The van der Waals surface area contributed by atoms with E-state index in [9.17, 15) is 80.5 Å². The Morgan fingerprint density at radius 3 is 0.960 bits per heavy atom. The summed E-state index contributed by atoms with van der Waals surface area (Å²) in [5.74, 6) is -4.13. The lowest BCUT2D eigenvalue weighted by molar-refractivity contribution is -0.138. The van der Waals surface area contributed by atoms with E-state index in [0.717, 1.165) is 64.2 Å². The molecular formula is C80H136O20. The van der Waals surface area contributed by atoms with Gasteiger partial charge in [-0.1, -0.05) is 189 Å². The Labute approximate surface area is 598 Å². The molecule has 20 unspecified atom stereocenters. The van der Waals surface area contributed by atoms with Gasteiger partial charge in [0.05, 0.1) is 73.2 Å². The highest BCUT2D eigenvalue weighted by atomic mass is 16.4. The molecule has 0 saturated heterocycles. The number of aliphatic carboxylic acids is 4. The van der Waals surface area contributed by atoms with Crippen molar-refractivity contribution < 1.29 is 101 Å². The monoisotopic (exact) mass is 1420 g/mol. The van der Waals surface area contributed by atoms with E-state index in [2.05, 4.69) is 45.9 Å². The lowest BCUT2D eigenvalue weighted by atomic mass is 9.88. The molecule has 0 amide bonds. The van der Waals surface area contributed by atoms with Crippen molar-refractivity contribution in [2.24, 2.45) is 47.3 Å². The molecule has 0 aromatic rings. The molecule has 4 saturated carbocycles. The first-order chi connectivity index (χ1) is 47.8. The summed E-state index contributed by atoms with van der Waals surface area (Å²) in [6, 6.07) is 0. The van der Waals surface area contributed by atoms with Crippen molar-refractivity contribution in [3.8, 4) is 0 Å². The molecule has 0 heterocycles. The van der Waals surface area contributed by atoms with Crippen LogP contribution in [0.1, 0.15) is 259 Å². The Morgan fingerprint density at radius 1 is 0.310 bits per heavy atom. The van der Waals surface area contributed by atoms with Crippen molar-refractivity contribution in [2.75, 3.05) is 0 Å². The molecule has 20 nitrogen and oxygen atoms in total. The molecule has 0 aliphatic heterocycles. The van der Waals surface area contributed by atoms with Crippen LogP contribution in [-0.2, 0) is 19.2 Å². The second-order valence-corrected chi connectivity index (χ2v) is 28.2. The Kier molecular flexibility index (Phi) is 53.8. The maximum atomic E-state index is 10.6. The Hall–Kier alpha value is -4.68. The molecule has 20 heteroatoms. The van der Waals surface area contributed by atoms with E-state index in [4.69, 9.17) is 20.4 Å². The predicted octanol–water partition coefficient (Wildman–Crippen LogP) is 12.2. The van der Waals surface area contributed by atoms with Crippen LogP contribution in [0.3, 0.4) is 0 Å². The van der Waals surface area contributed by atoms with Gasteiger partial charge in [-0.3, -0.25) is 19.2 Å². The van der Waals surface area contributed by atoms with Crippen LogP contribution in [0.25, 0.3) is 0 Å². The van der Waals surface area contributed by atoms with Crippen LogP contribution in [0.5, 0.6) is 0 Å². The molecule has 0 spiro atoms. The predicted molar refractivity (Wildman–Crippen MR) is 393 cm³/mol. The van der Waals surface area contributed by atoms with Gasteiger partial charge < -0.3 is 81.7 Å². The van der Waals surface area contributed by atoms with Crippen LogP contribution in [-0.4, -0.2) is 179 Å². The normalized spacial score (nSPS) is 28.2. The average Bonchev–Trinajstić information content (AvgIpc) is 1.72. The minimum absolute atomic E-state index is 0.0418. The van der Waals surface area contributed by atoms with Crippen molar-refractivity contribution in [2.45, 2.75) is 332 Å². The van der Waals surface area contributed by atoms with E-state index >= 15 is 0 Å². The topological polar surface area (TPSA) is 392 Å². The van der Waals surface area contributed by atoms with E-state index in [-0.39, 0.29) is 73.0 Å². The van der Waals surface area contributed by atoms with Crippen LogP contribution in [0.4, 0.5) is 0 Å². The fourth-order valence-electron chi connectivity index (χ4n) is 13.7. The van der Waals surface area contributed by atoms with Crippen LogP contribution in [0.2, 0.25) is 0 Å². The zero-order valence-corrected chi connectivity index (χ0v) is 61.0. The number of hydrogen-bond acceptors (Lipinski definition) is 16. The van der Waals surface area contributed by atoms with Crippen molar-refractivity contribution in [3.63, 3.8) is 0 Å². The standard InChI is InChI=1S/4C20H34O5/c1-2-3-6-10-16-17(19(23)14-18(16)22)13-12-15(21)9-7-4-5-8-11-20(24)25;1-2-3-6-9-15(21)12-13-17-16(18(22)14-19(17)23)10-7-4-5-8-11-20(24)25;1-2-3-4-5-6-7-10-16-17(19(23)14-18(16)22)13-12-15(21)9-8-11-20(24)25;1-2-3-4-5-6-7-9-15(21)12-13-17-16(10-8-11-20(24)25)18(22)14-19(17)23/h2*4,7,12-13,15-19,21-23H,2-3,5-6,8-11,14H2,1H3,(H,24,25);2*6-7,12-13,15-19,21-23H,2-5,8-11,14H2,1H3,(H,24,25)/b2*7-4-,13-12?;2*7-6-,13-12?. The fraction of sp³-hybridized carbons (Fsp3) is 0.750. The van der Waals surface area contributed by atoms with Gasteiger partial charge in [0.1, 0.15) is 0 Å². The molecule has 0 aromatic heterocycles. The molecule has 0 radical (unpaired) electrons. The number of unbranched alkanes of at least 4 members (excludes halogenated alkanes) is 12. The van der Waals surface area contributed by atoms with Gasteiger partial charge in [-0.15, -0.1) is 0 Å². The van der Waals surface area contributed by atoms with Gasteiger partial charge in [0.25, 0.3) is 0 Å². The molecule has 576 valence electrons. The maximum absolute atomic E-state index is 10.6. The summed E-state index contributed by atoms with van der Waals surface area (Å²) in [4.78, 5) is 42.0. The SMILES string of the molecule is CCCCC/C=C\CC(O)C=CC1C(O)CC(O)C1CCCC(=O)O.CCCCC/C=C\CC1C(O)CC(O)C1C=CC(O)CCCC(=O)O.CCCCCC(O)C=CC1C(O)CC(O)C1C/C=C\CCCC(=O)O.CCCCCC1C(O)CC(O)C1C=CC(O)C/C=C\CCCC(=O)O. The molecule has 4 aliphatic carbocycles. The summed E-state index contributed by atoms with van der Waals surface area (Å²) in [5, 5.41) is 156. The van der Waals surface area contributed by atoms with Crippen LogP contribution in [0.15, 0.2) is 97.2 Å². The number of rotatable bonds is 48. The molecule has 20 atom stereocenters. The number of carboxylic acid groups (broad SMARTS) is 4. The summed E-state index contributed by atoms with van der Waals surface area (Å²) in [6.07, 6.45) is 49.2. The first-order valence-corrected chi connectivity index (χ1v) is 38.2. The van der Waals surface area contributed by atoms with Gasteiger partial charge in [0.15, 0.2) is 0 Å². The molecule has 100 heavy (non-hydrogen) atoms. The van der Waals surface area contributed by atoms with Gasteiger partial charge in [-0.05, 0) is 139 Å². The summed E-state index contributed by atoms with van der Waals surface area (Å²) in [5.41, 5.74) is 0. The first kappa shape index (κ1) is 93.3. The van der Waals surface area contributed by atoms with Crippen LogP contribution >= 0.6 is 0 Å². The average molecular weight is 1420 g/mol. The Bertz CT molecular complexity index is 2370. The zero-order valence-electron chi connectivity index (χ0n) is 61.0. The van der Waals surface area contributed by atoms with Gasteiger partial charge in [0, 0.05) is 75.0 Å². The van der Waals surface area contributed by atoms with E-state index in [1.54, 1.807) is 36.5 Å². The van der Waals surface area contributed by atoms with Gasteiger partial charge in [-0.25, -0.2) is 0 Å². The molecule has 0 aromatic carbocycles. The van der Waals surface area contributed by atoms with E-state index in [1.807, 2.05) is 42.5 Å². The molecule has 4 aliphatic rings. The van der Waals surface area contributed by atoms with Crippen LogP contribution < -0.4 is 0 Å². The number of carbonyl (C=O) groups is 4. The lowest BCUT2D eigenvalue weighted by Gasteiger charge is -2.21. The van der Waals surface area contributed by atoms with E-state index in [1.165, 1.54) is 38.5 Å². The van der Waals surface area contributed by atoms with Crippen molar-refractivity contribution >= 4 is 23.9 Å². The molecule has 0 bridgehead atoms. The highest BCUT2D eigenvalue weighted by Crippen LogP contribution is 2.40. The largest absolute Gasteiger partial charge is 0.481 e. The van der Waals surface area contributed by atoms with Crippen molar-refractivity contribution in [1.82, 2.24) is 0 Å². The number of carboxylic acids is 4. The second-order valence-electron chi connectivity index (χ2n) is 28.2. The third-order valence-corrected chi connectivity index (χ3v) is 19.7.